The summed E-state index contributed by atoms with van der Waals surface area (Å²) in [4.78, 5) is 18.1. The van der Waals surface area contributed by atoms with Crippen molar-refractivity contribution in [2.75, 3.05) is 47.8 Å². The highest BCUT2D eigenvalue weighted by molar-refractivity contribution is 6.30. The lowest BCUT2D eigenvalue weighted by Gasteiger charge is -2.35. The monoisotopic (exact) mass is 394 g/mol. The van der Waals surface area contributed by atoms with Crippen LogP contribution in [0.1, 0.15) is 5.56 Å². The second kappa shape index (κ2) is 8.89. The van der Waals surface area contributed by atoms with Gasteiger partial charge in [-0.25, -0.2) is 9.97 Å². The Labute approximate surface area is 170 Å². The minimum atomic E-state index is 0.770. The number of benzene rings is 1. The average Bonchev–Trinajstić information content (AvgIpc) is 2.75. The molecule has 6 nitrogen and oxygen atoms in total. The zero-order valence-electron chi connectivity index (χ0n) is 15.6. The van der Waals surface area contributed by atoms with Crippen molar-refractivity contribution in [1.29, 1.82) is 0 Å². The minimum absolute atomic E-state index is 0.770. The summed E-state index contributed by atoms with van der Waals surface area (Å²) in [5.74, 6) is 2.65. The molecule has 3 heterocycles. The third-order valence-corrected chi connectivity index (χ3v) is 5.02. The van der Waals surface area contributed by atoms with Crippen molar-refractivity contribution in [1.82, 2.24) is 15.0 Å². The van der Waals surface area contributed by atoms with Crippen LogP contribution in [0.5, 0.6) is 0 Å². The number of hydrogen-bond donors (Lipinski definition) is 1. The number of nitrogens with zero attached hydrogens (tertiary/aromatic N) is 5. The number of hydrogen-bond acceptors (Lipinski definition) is 6. The summed E-state index contributed by atoms with van der Waals surface area (Å²) < 4.78 is 0. The third-order valence-electron chi connectivity index (χ3n) is 4.79. The van der Waals surface area contributed by atoms with Crippen molar-refractivity contribution in [2.45, 2.75) is 6.42 Å². The molecule has 144 valence electrons. The molecule has 4 rings (SSSR count). The highest BCUT2D eigenvalue weighted by Gasteiger charge is 2.19. The topological polar surface area (TPSA) is 57.2 Å². The maximum Gasteiger partial charge on any atom is 0.227 e. The van der Waals surface area contributed by atoms with Crippen LogP contribution in [0.2, 0.25) is 5.02 Å². The summed E-state index contributed by atoms with van der Waals surface area (Å²) in [6, 6.07) is 15.9. The van der Waals surface area contributed by atoms with Gasteiger partial charge in [0.15, 0.2) is 0 Å². The van der Waals surface area contributed by atoms with Crippen LogP contribution in [0.15, 0.2) is 60.9 Å². The average molecular weight is 395 g/mol. The van der Waals surface area contributed by atoms with Crippen LogP contribution < -0.4 is 15.1 Å². The molecule has 7 heteroatoms. The largest absolute Gasteiger partial charge is 0.370 e. The van der Waals surface area contributed by atoms with Crippen LogP contribution in [-0.4, -0.2) is 47.7 Å². The van der Waals surface area contributed by atoms with E-state index in [0.717, 1.165) is 61.8 Å². The van der Waals surface area contributed by atoms with Gasteiger partial charge in [-0.15, -0.1) is 0 Å². The fourth-order valence-corrected chi connectivity index (χ4v) is 3.52. The lowest BCUT2D eigenvalue weighted by atomic mass is 10.1. The molecule has 0 atom stereocenters. The van der Waals surface area contributed by atoms with Gasteiger partial charge < -0.3 is 15.1 Å². The Morgan fingerprint density at radius 1 is 0.893 bits per heavy atom. The summed E-state index contributed by atoms with van der Waals surface area (Å²) in [5.41, 5.74) is 1.21. The maximum atomic E-state index is 6.04. The second-order valence-corrected chi connectivity index (χ2v) is 7.15. The third kappa shape index (κ3) is 4.70. The van der Waals surface area contributed by atoms with E-state index in [-0.39, 0.29) is 0 Å². The van der Waals surface area contributed by atoms with E-state index in [4.69, 9.17) is 11.6 Å². The van der Waals surface area contributed by atoms with Crippen molar-refractivity contribution in [3.05, 3.63) is 71.5 Å². The summed E-state index contributed by atoms with van der Waals surface area (Å²) in [6.07, 6.45) is 4.54. The van der Waals surface area contributed by atoms with Crippen molar-refractivity contribution < 1.29 is 0 Å². The van der Waals surface area contributed by atoms with Crippen molar-refractivity contribution in [2.24, 2.45) is 0 Å². The first-order valence-corrected chi connectivity index (χ1v) is 9.88. The molecule has 0 saturated carbocycles. The van der Waals surface area contributed by atoms with Crippen LogP contribution >= 0.6 is 11.6 Å². The Hall–Kier alpha value is -2.86. The van der Waals surface area contributed by atoms with Crippen LogP contribution in [0.3, 0.4) is 0 Å². The van der Waals surface area contributed by atoms with Crippen LogP contribution in [-0.2, 0) is 6.42 Å². The Kier molecular flexibility index (Phi) is 5.87. The normalized spacial score (nSPS) is 14.2. The number of rotatable bonds is 6. The predicted octanol–water partition coefficient (Wildman–Crippen LogP) is 3.51. The van der Waals surface area contributed by atoms with Gasteiger partial charge in [0, 0.05) is 50.1 Å². The molecular weight excluding hydrogens is 372 g/mol. The van der Waals surface area contributed by atoms with Crippen LogP contribution in [0.4, 0.5) is 17.6 Å². The second-order valence-electron chi connectivity index (χ2n) is 6.71. The van der Waals surface area contributed by atoms with Gasteiger partial charge in [0.05, 0.1) is 0 Å². The van der Waals surface area contributed by atoms with E-state index in [9.17, 15) is 0 Å². The van der Waals surface area contributed by atoms with Gasteiger partial charge in [0.2, 0.25) is 5.95 Å². The molecule has 1 aliphatic heterocycles. The predicted molar refractivity (Wildman–Crippen MR) is 114 cm³/mol. The number of nitrogens with one attached hydrogen (secondary N) is 1. The molecule has 2 aromatic heterocycles. The Morgan fingerprint density at radius 3 is 2.54 bits per heavy atom. The molecule has 0 unspecified atom stereocenters. The van der Waals surface area contributed by atoms with Gasteiger partial charge in [-0.3, -0.25) is 0 Å². The molecule has 1 fully saturated rings. The lowest BCUT2D eigenvalue weighted by molar-refractivity contribution is 0.635. The van der Waals surface area contributed by atoms with Gasteiger partial charge in [-0.05, 0) is 42.3 Å². The molecule has 0 bridgehead atoms. The van der Waals surface area contributed by atoms with Crippen LogP contribution in [0, 0.1) is 0 Å². The van der Waals surface area contributed by atoms with E-state index in [1.807, 2.05) is 48.8 Å². The highest BCUT2D eigenvalue weighted by atomic mass is 35.5. The molecule has 3 aromatic rings. The summed E-state index contributed by atoms with van der Waals surface area (Å²) >= 11 is 6.04. The molecule has 0 spiro atoms. The molecular formula is C21H23ClN6. The first kappa shape index (κ1) is 18.5. The van der Waals surface area contributed by atoms with E-state index in [0.29, 0.717) is 0 Å². The fraction of sp³-hybridized carbons (Fsp3) is 0.286. The Balaban J connectivity index is 1.31. The number of aromatic nitrogens is 3. The summed E-state index contributed by atoms with van der Waals surface area (Å²) in [7, 11) is 0. The molecule has 0 radical (unpaired) electrons. The van der Waals surface area contributed by atoms with E-state index >= 15 is 0 Å². The highest BCUT2D eigenvalue weighted by Crippen LogP contribution is 2.17. The molecule has 0 aliphatic carbocycles. The van der Waals surface area contributed by atoms with Crippen molar-refractivity contribution in [3.8, 4) is 0 Å². The maximum absolute atomic E-state index is 6.04. The summed E-state index contributed by atoms with van der Waals surface area (Å²) in [5, 5.41) is 4.16. The fourth-order valence-electron chi connectivity index (χ4n) is 3.30. The Morgan fingerprint density at radius 2 is 1.75 bits per heavy atom. The zero-order valence-corrected chi connectivity index (χ0v) is 16.4. The number of anilines is 3. The molecule has 1 N–H and O–H groups in total. The van der Waals surface area contributed by atoms with Gasteiger partial charge in [0.1, 0.15) is 11.6 Å². The smallest absolute Gasteiger partial charge is 0.227 e. The zero-order chi connectivity index (χ0) is 19.2. The van der Waals surface area contributed by atoms with E-state index < -0.39 is 0 Å². The van der Waals surface area contributed by atoms with Gasteiger partial charge in [0.25, 0.3) is 0 Å². The molecule has 1 saturated heterocycles. The number of piperazine rings is 1. The number of pyridine rings is 1. The van der Waals surface area contributed by atoms with E-state index in [1.165, 1.54) is 5.56 Å². The standard InChI is InChI=1S/C21H23ClN6/c22-18-5-3-4-17(16-18)7-10-23-19-8-11-25-21(26-19)28-14-12-27(13-15-28)20-6-1-2-9-24-20/h1-6,8-9,11,16H,7,10,12-15H2,(H,23,25,26). The number of halogens is 1. The van der Waals surface area contributed by atoms with E-state index in [2.05, 4.69) is 42.2 Å². The van der Waals surface area contributed by atoms with Crippen LogP contribution in [0.25, 0.3) is 0 Å². The summed E-state index contributed by atoms with van der Waals surface area (Å²) in [6.45, 7) is 4.37. The molecule has 28 heavy (non-hydrogen) atoms. The minimum Gasteiger partial charge on any atom is -0.370 e. The molecule has 1 aromatic carbocycles. The Bertz CT molecular complexity index is 896. The lowest BCUT2D eigenvalue weighted by Crippen LogP contribution is -2.47. The van der Waals surface area contributed by atoms with E-state index in [1.54, 1.807) is 0 Å². The van der Waals surface area contributed by atoms with Crippen molar-refractivity contribution >= 4 is 29.2 Å². The van der Waals surface area contributed by atoms with Gasteiger partial charge >= 0.3 is 0 Å². The van der Waals surface area contributed by atoms with Gasteiger partial charge in [-0.2, -0.15) is 4.98 Å². The first-order valence-electron chi connectivity index (χ1n) is 9.50. The van der Waals surface area contributed by atoms with Crippen molar-refractivity contribution in [3.63, 3.8) is 0 Å². The molecule has 0 amide bonds. The SMILES string of the molecule is Clc1cccc(CCNc2ccnc(N3CCN(c4ccccn4)CC3)n2)c1. The quantitative estimate of drug-likeness (QED) is 0.690. The first-order chi connectivity index (χ1) is 13.8. The molecule has 1 aliphatic rings. The van der Waals surface area contributed by atoms with Gasteiger partial charge in [-0.1, -0.05) is 29.8 Å².